The van der Waals surface area contributed by atoms with Crippen LogP contribution in [0.2, 0.25) is 5.02 Å². The Bertz CT molecular complexity index is 974. The Hall–Kier alpha value is -2.23. The minimum Gasteiger partial charge on any atom is -0.496 e. The van der Waals surface area contributed by atoms with E-state index >= 15 is 0 Å². The summed E-state index contributed by atoms with van der Waals surface area (Å²) >= 11 is 6.37. The van der Waals surface area contributed by atoms with E-state index in [4.69, 9.17) is 21.1 Å². The van der Waals surface area contributed by atoms with Crippen molar-refractivity contribution in [1.29, 1.82) is 0 Å². The Balaban J connectivity index is 1.72. The fraction of sp³-hybridized carbons (Fsp3) is 0.273. The van der Waals surface area contributed by atoms with E-state index in [0.29, 0.717) is 12.5 Å². The number of methoxy groups -OCH3 is 1. The average molecular weight is 366 g/mol. The van der Waals surface area contributed by atoms with Crippen molar-refractivity contribution in [3.63, 3.8) is 0 Å². The van der Waals surface area contributed by atoms with Gasteiger partial charge in [-0.2, -0.15) is 0 Å². The highest BCUT2D eigenvalue weighted by Crippen LogP contribution is 2.49. The van der Waals surface area contributed by atoms with Gasteiger partial charge in [0.25, 0.3) is 0 Å². The molecule has 0 spiro atoms. The zero-order valence-electron chi connectivity index (χ0n) is 14.6. The van der Waals surface area contributed by atoms with Gasteiger partial charge in [0, 0.05) is 28.0 Å². The summed E-state index contributed by atoms with van der Waals surface area (Å²) in [7, 11) is 1.75. The number of rotatable bonds is 3. The van der Waals surface area contributed by atoms with E-state index < -0.39 is 0 Å². The Morgan fingerprint density at radius 2 is 1.96 bits per heavy atom. The number of fused-ring (bicyclic) bond motifs is 3. The SMILES string of the molecule is COc1cccc([C@H]2OCc3cccn3-c3ccc(Cl)cc32)c1C1CC1. The van der Waals surface area contributed by atoms with E-state index in [2.05, 4.69) is 47.2 Å². The van der Waals surface area contributed by atoms with Crippen molar-refractivity contribution in [3.8, 4) is 11.4 Å². The van der Waals surface area contributed by atoms with Gasteiger partial charge in [0.1, 0.15) is 11.9 Å². The predicted octanol–water partition coefficient (Wildman–Crippen LogP) is 5.64. The lowest BCUT2D eigenvalue weighted by molar-refractivity contribution is 0.0671. The molecule has 0 amide bonds. The van der Waals surface area contributed by atoms with E-state index in [1.165, 1.54) is 24.0 Å². The van der Waals surface area contributed by atoms with E-state index in [9.17, 15) is 0 Å². The molecule has 3 nitrogen and oxygen atoms in total. The standard InChI is InChI=1S/C22H20ClNO2/c1-25-20-6-2-5-17(21(20)14-7-8-14)22-18-12-15(23)9-10-19(18)24-11-3-4-16(24)13-26-22/h2-6,9-12,14,22H,7-8,13H2,1H3/t22-/m1/s1. The molecule has 0 saturated heterocycles. The molecule has 1 aromatic heterocycles. The highest BCUT2D eigenvalue weighted by Gasteiger charge is 2.34. The lowest BCUT2D eigenvalue weighted by Gasteiger charge is -2.23. The van der Waals surface area contributed by atoms with Crippen LogP contribution < -0.4 is 4.74 Å². The molecule has 1 aliphatic carbocycles. The first-order chi connectivity index (χ1) is 12.8. The van der Waals surface area contributed by atoms with Crippen molar-refractivity contribution in [2.75, 3.05) is 7.11 Å². The first-order valence-corrected chi connectivity index (χ1v) is 9.38. The Kier molecular flexibility index (Phi) is 3.80. The summed E-state index contributed by atoms with van der Waals surface area (Å²) in [5.74, 6) is 1.52. The molecule has 0 bridgehead atoms. The summed E-state index contributed by atoms with van der Waals surface area (Å²) in [6.45, 7) is 0.561. The third kappa shape index (κ3) is 2.54. The Morgan fingerprint density at radius 1 is 1.08 bits per heavy atom. The number of hydrogen-bond donors (Lipinski definition) is 0. The molecular formula is C22H20ClNO2. The van der Waals surface area contributed by atoms with E-state index in [1.54, 1.807) is 7.11 Å². The number of halogens is 1. The van der Waals surface area contributed by atoms with Crippen LogP contribution >= 0.6 is 11.6 Å². The fourth-order valence-corrected chi connectivity index (χ4v) is 4.20. The molecule has 2 heterocycles. The lowest BCUT2D eigenvalue weighted by Crippen LogP contribution is -2.09. The predicted molar refractivity (Wildman–Crippen MR) is 102 cm³/mol. The van der Waals surface area contributed by atoms with Crippen LogP contribution in [0.4, 0.5) is 0 Å². The smallest absolute Gasteiger partial charge is 0.122 e. The second-order valence-electron chi connectivity index (χ2n) is 7.00. The molecule has 2 aromatic carbocycles. The van der Waals surface area contributed by atoms with Crippen molar-refractivity contribution in [3.05, 3.63) is 82.1 Å². The summed E-state index contributed by atoms with van der Waals surface area (Å²) in [6, 6.07) is 16.5. The molecular weight excluding hydrogens is 346 g/mol. The molecule has 26 heavy (non-hydrogen) atoms. The maximum atomic E-state index is 6.44. The molecule has 4 heteroatoms. The van der Waals surface area contributed by atoms with Crippen LogP contribution in [0.1, 0.15) is 47.2 Å². The Morgan fingerprint density at radius 3 is 2.77 bits per heavy atom. The van der Waals surface area contributed by atoms with Gasteiger partial charge in [-0.3, -0.25) is 0 Å². The zero-order valence-corrected chi connectivity index (χ0v) is 15.4. The van der Waals surface area contributed by atoms with Gasteiger partial charge in [0.05, 0.1) is 19.4 Å². The number of ether oxygens (including phenoxy) is 2. The lowest BCUT2D eigenvalue weighted by atomic mass is 9.92. The van der Waals surface area contributed by atoms with E-state index in [-0.39, 0.29) is 6.10 Å². The third-order valence-electron chi connectivity index (χ3n) is 5.35. The van der Waals surface area contributed by atoms with Gasteiger partial charge >= 0.3 is 0 Å². The molecule has 1 atom stereocenters. The summed E-state index contributed by atoms with van der Waals surface area (Å²) in [5.41, 5.74) is 5.86. The van der Waals surface area contributed by atoms with Crippen LogP contribution in [0, 0.1) is 0 Å². The first-order valence-electron chi connectivity index (χ1n) is 9.00. The van der Waals surface area contributed by atoms with Crippen molar-refractivity contribution in [2.45, 2.75) is 31.5 Å². The van der Waals surface area contributed by atoms with Gasteiger partial charge in [-0.05, 0) is 60.7 Å². The largest absolute Gasteiger partial charge is 0.496 e. The van der Waals surface area contributed by atoms with Crippen molar-refractivity contribution >= 4 is 11.6 Å². The van der Waals surface area contributed by atoms with Gasteiger partial charge in [-0.25, -0.2) is 0 Å². The van der Waals surface area contributed by atoms with Crippen molar-refractivity contribution in [1.82, 2.24) is 4.57 Å². The number of hydrogen-bond acceptors (Lipinski definition) is 2. The summed E-state index contributed by atoms with van der Waals surface area (Å²) < 4.78 is 14.3. The molecule has 2 aliphatic rings. The molecule has 132 valence electrons. The van der Waals surface area contributed by atoms with Crippen LogP contribution in [0.15, 0.2) is 54.7 Å². The van der Waals surface area contributed by atoms with Crippen molar-refractivity contribution < 1.29 is 9.47 Å². The van der Waals surface area contributed by atoms with Crippen LogP contribution in [-0.2, 0) is 11.3 Å². The molecule has 0 N–H and O–H groups in total. The van der Waals surface area contributed by atoms with Gasteiger partial charge in [-0.15, -0.1) is 0 Å². The molecule has 1 saturated carbocycles. The van der Waals surface area contributed by atoms with Crippen LogP contribution in [0.3, 0.4) is 0 Å². The monoisotopic (exact) mass is 365 g/mol. The third-order valence-corrected chi connectivity index (χ3v) is 5.59. The topological polar surface area (TPSA) is 23.4 Å². The summed E-state index contributed by atoms with van der Waals surface area (Å²) in [4.78, 5) is 0. The highest BCUT2D eigenvalue weighted by molar-refractivity contribution is 6.30. The number of aromatic nitrogens is 1. The van der Waals surface area contributed by atoms with Crippen LogP contribution in [-0.4, -0.2) is 11.7 Å². The molecule has 1 fully saturated rings. The molecule has 0 unspecified atom stereocenters. The van der Waals surface area contributed by atoms with Crippen LogP contribution in [0.25, 0.3) is 5.69 Å². The quantitative estimate of drug-likeness (QED) is 0.600. The van der Waals surface area contributed by atoms with Crippen LogP contribution in [0.5, 0.6) is 5.75 Å². The van der Waals surface area contributed by atoms with Gasteiger partial charge in [0.2, 0.25) is 0 Å². The van der Waals surface area contributed by atoms with Gasteiger partial charge in [0.15, 0.2) is 0 Å². The average Bonchev–Trinajstić information content (AvgIpc) is 3.42. The minimum atomic E-state index is -0.158. The molecule has 5 rings (SSSR count). The zero-order chi connectivity index (χ0) is 17.7. The number of benzene rings is 2. The van der Waals surface area contributed by atoms with Gasteiger partial charge < -0.3 is 14.0 Å². The number of nitrogens with zero attached hydrogens (tertiary/aromatic N) is 1. The van der Waals surface area contributed by atoms with Crippen molar-refractivity contribution in [2.24, 2.45) is 0 Å². The second-order valence-corrected chi connectivity index (χ2v) is 7.44. The highest BCUT2D eigenvalue weighted by atomic mass is 35.5. The maximum Gasteiger partial charge on any atom is 0.122 e. The normalized spacial score (nSPS) is 18.8. The first kappa shape index (κ1) is 16.0. The molecule has 1 aliphatic heterocycles. The molecule has 3 aromatic rings. The summed E-state index contributed by atoms with van der Waals surface area (Å²) in [5, 5.41) is 0.726. The fourth-order valence-electron chi connectivity index (χ4n) is 4.02. The molecule has 0 radical (unpaired) electrons. The second kappa shape index (κ2) is 6.19. The van der Waals surface area contributed by atoms with Gasteiger partial charge in [-0.1, -0.05) is 23.7 Å². The Labute approximate surface area is 158 Å². The van der Waals surface area contributed by atoms with E-state index in [0.717, 1.165) is 27.7 Å². The minimum absolute atomic E-state index is 0.158. The van der Waals surface area contributed by atoms with E-state index in [1.807, 2.05) is 12.1 Å². The summed E-state index contributed by atoms with van der Waals surface area (Å²) in [6.07, 6.45) is 4.35. The maximum absolute atomic E-state index is 6.44.